The molecule has 7 nitrogen and oxygen atoms in total. The van der Waals surface area contributed by atoms with Gasteiger partial charge in [-0.05, 0) is 18.2 Å². The van der Waals surface area contributed by atoms with Gasteiger partial charge in [-0.3, -0.25) is 15.1 Å². The second-order valence-electron chi connectivity index (χ2n) is 4.07. The standard InChI is InChI=1S/C14H12N2O5/c1-20-14(17)10-5-6-11(15-8-10)9-21-13-4-2-3-12(7-13)16(18)19/h2-8H,9H2,1H3. The fourth-order valence-corrected chi connectivity index (χ4v) is 1.59. The monoisotopic (exact) mass is 288 g/mol. The number of hydrogen-bond donors (Lipinski definition) is 0. The van der Waals surface area contributed by atoms with Gasteiger partial charge in [0.1, 0.15) is 12.4 Å². The molecule has 21 heavy (non-hydrogen) atoms. The lowest BCUT2D eigenvalue weighted by Crippen LogP contribution is -2.04. The molecule has 0 aliphatic heterocycles. The minimum absolute atomic E-state index is 0.0403. The van der Waals surface area contributed by atoms with E-state index in [1.807, 2.05) is 0 Å². The summed E-state index contributed by atoms with van der Waals surface area (Å²) in [4.78, 5) is 25.5. The molecule has 0 unspecified atom stereocenters. The summed E-state index contributed by atoms with van der Waals surface area (Å²) in [6, 6.07) is 9.09. The van der Waals surface area contributed by atoms with Crippen LogP contribution in [0.1, 0.15) is 16.1 Å². The third-order valence-corrected chi connectivity index (χ3v) is 2.66. The Hall–Kier alpha value is -2.96. The van der Waals surface area contributed by atoms with Crippen LogP contribution in [0, 0.1) is 10.1 Å². The summed E-state index contributed by atoms with van der Waals surface area (Å²) < 4.78 is 9.99. The molecule has 0 N–H and O–H groups in total. The van der Waals surface area contributed by atoms with Crippen molar-refractivity contribution in [2.75, 3.05) is 7.11 Å². The summed E-state index contributed by atoms with van der Waals surface area (Å²) in [6.07, 6.45) is 1.39. The Morgan fingerprint density at radius 1 is 1.33 bits per heavy atom. The third kappa shape index (κ3) is 3.75. The van der Waals surface area contributed by atoms with E-state index in [4.69, 9.17) is 4.74 Å². The van der Waals surface area contributed by atoms with E-state index in [-0.39, 0.29) is 12.3 Å². The summed E-state index contributed by atoms with van der Waals surface area (Å²) in [6.45, 7) is 0.141. The van der Waals surface area contributed by atoms with Gasteiger partial charge in [-0.15, -0.1) is 0 Å². The van der Waals surface area contributed by atoms with Crippen molar-refractivity contribution < 1.29 is 19.2 Å². The first-order chi connectivity index (χ1) is 10.1. The number of rotatable bonds is 5. The van der Waals surface area contributed by atoms with E-state index in [1.165, 1.54) is 25.4 Å². The van der Waals surface area contributed by atoms with Crippen molar-refractivity contribution in [2.24, 2.45) is 0 Å². The maximum Gasteiger partial charge on any atom is 0.339 e. The molecule has 0 amide bonds. The smallest absolute Gasteiger partial charge is 0.339 e. The maximum atomic E-state index is 11.2. The molecule has 0 bridgehead atoms. The first-order valence-electron chi connectivity index (χ1n) is 6.00. The van der Waals surface area contributed by atoms with Crippen LogP contribution in [0.3, 0.4) is 0 Å². The van der Waals surface area contributed by atoms with Crippen LogP contribution in [0.25, 0.3) is 0 Å². The predicted molar refractivity (Wildman–Crippen MR) is 73.0 cm³/mol. The van der Waals surface area contributed by atoms with Crippen molar-refractivity contribution in [3.8, 4) is 5.75 Å². The van der Waals surface area contributed by atoms with Crippen LogP contribution in [0.15, 0.2) is 42.6 Å². The Bertz CT molecular complexity index is 655. The number of nitrogens with zero attached hydrogens (tertiary/aromatic N) is 2. The van der Waals surface area contributed by atoms with Crippen molar-refractivity contribution in [1.82, 2.24) is 4.98 Å². The van der Waals surface area contributed by atoms with Crippen molar-refractivity contribution in [2.45, 2.75) is 6.61 Å². The highest BCUT2D eigenvalue weighted by molar-refractivity contribution is 5.88. The number of methoxy groups -OCH3 is 1. The minimum Gasteiger partial charge on any atom is -0.487 e. The van der Waals surface area contributed by atoms with Crippen LogP contribution >= 0.6 is 0 Å². The second-order valence-corrected chi connectivity index (χ2v) is 4.07. The molecule has 1 aromatic carbocycles. The molecule has 0 fully saturated rings. The van der Waals surface area contributed by atoms with E-state index in [0.717, 1.165) is 0 Å². The van der Waals surface area contributed by atoms with E-state index in [1.54, 1.807) is 24.3 Å². The molecule has 0 saturated carbocycles. The molecular weight excluding hydrogens is 276 g/mol. The first-order valence-corrected chi connectivity index (χ1v) is 6.00. The average Bonchev–Trinajstić information content (AvgIpc) is 2.53. The van der Waals surface area contributed by atoms with Gasteiger partial charge in [-0.1, -0.05) is 6.07 Å². The van der Waals surface area contributed by atoms with Crippen molar-refractivity contribution >= 4 is 11.7 Å². The van der Waals surface area contributed by atoms with Crippen LogP contribution in [0.2, 0.25) is 0 Å². The maximum absolute atomic E-state index is 11.2. The highest BCUT2D eigenvalue weighted by atomic mass is 16.6. The van der Waals surface area contributed by atoms with Crippen LogP contribution in [0.5, 0.6) is 5.75 Å². The molecule has 1 aromatic heterocycles. The summed E-state index contributed by atoms with van der Waals surface area (Å²) >= 11 is 0. The Morgan fingerprint density at radius 2 is 2.14 bits per heavy atom. The summed E-state index contributed by atoms with van der Waals surface area (Å²) in [5, 5.41) is 10.7. The Morgan fingerprint density at radius 3 is 2.76 bits per heavy atom. The van der Waals surface area contributed by atoms with Gasteiger partial charge >= 0.3 is 5.97 Å². The number of pyridine rings is 1. The lowest BCUT2D eigenvalue weighted by atomic mass is 10.2. The van der Waals surface area contributed by atoms with Gasteiger partial charge in [0.25, 0.3) is 5.69 Å². The summed E-state index contributed by atoms with van der Waals surface area (Å²) in [5.74, 6) is -0.0864. The topological polar surface area (TPSA) is 91.6 Å². The molecule has 0 spiro atoms. The van der Waals surface area contributed by atoms with Crippen molar-refractivity contribution in [3.05, 3.63) is 64.0 Å². The predicted octanol–water partition coefficient (Wildman–Crippen LogP) is 2.36. The molecule has 2 aromatic rings. The summed E-state index contributed by atoms with van der Waals surface area (Å²) in [5.41, 5.74) is 0.896. The van der Waals surface area contributed by atoms with Gasteiger partial charge in [0.2, 0.25) is 0 Å². The zero-order valence-corrected chi connectivity index (χ0v) is 11.2. The molecular formula is C14H12N2O5. The van der Waals surface area contributed by atoms with E-state index < -0.39 is 10.9 Å². The molecule has 2 rings (SSSR count). The van der Waals surface area contributed by atoms with Crippen LogP contribution in [0.4, 0.5) is 5.69 Å². The average molecular weight is 288 g/mol. The Labute approximate surface area is 120 Å². The number of ether oxygens (including phenoxy) is 2. The number of aromatic nitrogens is 1. The highest BCUT2D eigenvalue weighted by Gasteiger charge is 2.08. The molecule has 0 radical (unpaired) electrons. The number of carbonyl (C=O) groups is 1. The summed E-state index contributed by atoms with van der Waals surface area (Å²) in [7, 11) is 1.29. The van der Waals surface area contributed by atoms with Crippen molar-refractivity contribution in [3.63, 3.8) is 0 Å². The van der Waals surface area contributed by atoms with E-state index >= 15 is 0 Å². The first kappa shape index (κ1) is 14.4. The second kappa shape index (κ2) is 6.47. The number of nitro benzene ring substituents is 1. The van der Waals surface area contributed by atoms with Crippen LogP contribution in [-0.2, 0) is 11.3 Å². The number of nitro groups is 1. The third-order valence-electron chi connectivity index (χ3n) is 2.66. The number of esters is 1. The molecule has 0 atom stereocenters. The van der Waals surface area contributed by atoms with Gasteiger partial charge in [-0.25, -0.2) is 4.79 Å². The number of benzene rings is 1. The van der Waals surface area contributed by atoms with E-state index in [2.05, 4.69) is 9.72 Å². The van der Waals surface area contributed by atoms with Gasteiger partial charge in [0.05, 0.1) is 29.4 Å². The van der Waals surface area contributed by atoms with Gasteiger partial charge < -0.3 is 9.47 Å². The zero-order chi connectivity index (χ0) is 15.2. The quantitative estimate of drug-likeness (QED) is 0.476. The normalized spacial score (nSPS) is 9.95. The van der Waals surface area contributed by atoms with Gasteiger partial charge in [0, 0.05) is 12.3 Å². The Balaban J connectivity index is 2.01. The van der Waals surface area contributed by atoms with E-state index in [9.17, 15) is 14.9 Å². The van der Waals surface area contributed by atoms with Crippen LogP contribution in [-0.4, -0.2) is 23.0 Å². The fraction of sp³-hybridized carbons (Fsp3) is 0.143. The SMILES string of the molecule is COC(=O)c1ccc(COc2cccc([N+](=O)[O-])c2)nc1. The molecule has 108 valence electrons. The highest BCUT2D eigenvalue weighted by Crippen LogP contribution is 2.19. The molecule has 1 heterocycles. The minimum atomic E-state index is -0.490. The number of carbonyl (C=O) groups excluding carboxylic acids is 1. The zero-order valence-electron chi connectivity index (χ0n) is 11.2. The van der Waals surface area contributed by atoms with E-state index in [0.29, 0.717) is 17.0 Å². The fourth-order valence-electron chi connectivity index (χ4n) is 1.59. The van der Waals surface area contributed by atoms with Gasteiger partial charge in [-0.2, -0.15) is 0 Å². The largest absolute Gasteiger partial charge is 0.487 e. The number of non-ortho nitro benzene ring substituents is 1. The van der Waals surface area contributed by atoms with Crippen LogP contribution < -0.4 is 4.74 Å². The molecule has 7 heteroatoms. The molecule has 0 saturated heterocycles. The van der Waals surface area contributed by atoms with Crippen molar-refractivity contribution in [1.29, 1.82) is 0 Å². The molecule has 0 aliphatic carbocycles. The Kier molecular flexibility index (Phi) is 4.45. The lowest BCUT2D eigenvalue weighted by molar-refractivity contribution is -0.384. The van der Waals surface area contributed by atoms with Gasteiger partial charge in [0.15, 0.2) is 0 Å². The molecule has 0 aliphatic rings. The number of hydrogen-bond acceptors (Lipinski definition) is 6. The lowest BCUT2D eigenvalue weighted by Gasteiger charge is -2.06.